The lowest BCUT2D eigenvalue weighted by molar-refractivity contribution is 0.660. The fourth-order valence-electron chi connectivity index (χ4n) is 9.80. The molecule has 2 heteroatoms. The number of benzene rings is 9. The van der Waals surface area contributed by atoms with Crippen LogP contribution in [0, 0.1) is 0 Å². The normalized spacial score (nSPS) is 12.7. The zero-order chi connectivity index (χ0) is 40.4. The summed E-state index contributed by atoms with van der Waals surface area (Å²) in [5.74, 6) is 0. The van der Waals surface area contributed by atoms with Crippen LogP contribution in [-0.2, 0) is 12.5 Å². The van der Waals surface area contributed by atoms with Crippen LogP contribution in [0.5, 0.6) is 0 Å². The molecule has 1 aliphatic carbocycles. The molecule has 0 radical (unpaired) electrons. The van der Waals surface area contributed by atoms with Gasteiger partial charge >= 0.3 is 0 Å². The van der Waals surface area contributed by atoms with E-state index in [4.69, 9.17) is 0 Å². The molecule has 1 aliphatic rings. The smallest absolute Gasteiger partial charge is 0.0568 e. The predicted molar refractivity (Wildman–Crippen MR) is 254 cm³/mol. The van der Waals surface area contributed by atoms with Crippen LogP contribution in [0.15, 0.2) is 212 Å². The first kappa shape index (κ1) is 35.7. The monoisotopic (exact) mass is 768 g/mol. The largest absolute Gasteiger partial charge is 0.343 e. The second-order valence-electron chi connectivity index (χ2n) is 16.6. The summed E-state index contributed by atoms with van der Waals surface area (Å²) in [5, 5.41) is 3.79. The average Bonchev–Trinajstić information content (AvgIpc) is 3.74. The van der Waals surface area contributed by atoms with Gasteiger partial charge in [0, 0.05) is 45.9 Å². The SMILES string of the molecule is Cn1c(-c2ccccc2)c(-c2ccc(-c3ccc(N(c4ccc(-c5ccccc5)cc4)c4ccc5c(c4)C(C)(C)c4ccccc4-5)cc3)cc2)c2ccc3ccccc3c21. The second-order valence-corrected chi connectivity index (χ2v) is 16.6. The van der Waals surface area contributed by atoms with Crippen molar-refractivity contribution in [3.8, 4) is 55.8 Å². The third-order valence-corrected chi connectivity index (χ3v) is 12.8. The molecule has 0 amide bonds. The van der Waals surface area contributed by atoms with Crippen molar-refractivity contribution in [2.75, 3.05) is 4.90 Å². The number of aryl methyl sites for hydroxylation is 1. The van der Waals surface area contributed by atoms with Gasteiger partial charge in [0.25, 0.3) is 0 Å². The molecule has 0 N–H and O–H groups in total. The topological polar surface area (TPSA) is 8.17 Å². The standard InChI is InChI=1S/C58H44N2/c1-58(2)53-21-13-12-20-50(53)51-37-35-48(38-54(51)58)60(46-31-26-41(27-32-46)39-14-6-4-7-15-39)47-33-28-42(29-34-47)40-22-24-44(25-23-40)55-52-36-30-43-16-10-11-19-49(43)57(52)59(3)56(55)45-17-8-5-9-18-45/h4-38H,1-3H3. The van der Waals surface area contributed by atoms with Gasteiger partial charge in [-0.05, 0) is 97.4 Å². The maximum absolute atomic E-state index is 2.41. The minimum Gasteiger partial charge on any atom is -0.343 e. The quantitative estimate of drug-likeness (QED) is 0.157. The summed E-state index contributed by atoms with van der Waals surface area (Å²) in [6.07, 6.45) is 0. The number of fused-ring (bicyclic) bond motifs is 6. The van der Waals surface area contributed by atoms with Crippen LogP contribution in [0.3, 0.4) is 0 Å². The van der Waals surface area contributed by atoms with Crippen molar-refractivity contribution < 1.29 is 0 Å². The van der Waals surface area contributed by atoms with Crippen LogP contribution < -0.4 is 4.90 Å². The maximum Gasteiger partial charge on any atom is 0.0568 e. The molecule has 0 spiro atoms. The molecule has 0 fully saturated rings. The van der Waals surface area contributed by atoms with Crippen LogP contribution in [0.1, 0.15) is 25.0 Å². The first-order valence-electron chi connectivity index (χ1n) is 20.9. The lowest BCUT2D eigenvalue weighted by Gasteiger charge is -2.28. The van der Waals surface area contributed by atoms with E-state index in [9.17, 15) is 0 Å². The van der Waals surface area contributed by atoms with Gasteiger partial charge in [-0.2, -0.15) is 0 Å². The Morgan fingerprint density at radius 2 is 0.883 bits per heavy atom. The highest BCUT2D eigenvalue weighted by Gasteiger charge is 2.35. The van der Waals surface area contributed by atoms with Gasteiger partial charge in [-0.25, -0.2) is 0 Å². The minimum absolute atomic E-state index is 0.0948. The van der Waals surface area contributed by atoms with Crippen LogP contribution in [0.25, 0.3) is 77.4 Å². The molecule has 0 bridgehead atoms. The van der Waals surface area contributed by atoms with E-state index in [1.165, 1.54) is 88.6 Å². The van der Waals surface area contributed by atoms with E-state index in [1.54, 1.807) is 0 Å². The molecule has 1 heterocycles. The molecule has 2 nitrogen and oxygen atoms in total. The van der Waals surface area contributed by atoms with Gasteiger partial charge in [0.15, 0.2) is 0 Å². The van der Waals surface area contributed by atoms with Gasteiger partial charge in [-0.1, -0.05) is 190 Å². The van der Waals surface area contributed by atoms with Gasteiger partial charge in [0.05, 0.1) is 11.2 Å². The van der Waals surface area contributed by atoms with Crippen molar-refractivity contribution in [3.05, 3.63) is 223 Å². The van der Waals surface area contributed by atoms with Gasteiger partial charge < -0.3 is 9.47 Å². The highest BCUT2D eigenvalue weighted by molar-refractivity contribution is 6.15. The Kier molecular flexibility index (Phi) is 8.42. The van der Waals surface area contributed by atoms with E-state index >= 15 is 0 Å². The number of aromatic nitrogens is 1. The minimum atomic E-state index is -0.0948. The molecule has 0 aliphatic heterocycles. The summed E-state index contributed by atoms with van der Waals surface area (Å²) in [7, 11) is 2.21. The third kappa shape index (κ3) is 5.79. The highest BCUT2D eigenvalue weighted by atomic mass is 15.1. The molecule has 0 saturated heterocycles. The van der Waals surface area contributed by atoms with Gasteiger partial charge in [0.2, 0.25) is 0 Å². The lowest BCUT2D eigenvalue weighted by Crippen LogP contribution is -2.16. The molecule has 286 valence electrons. The highest BCUT2D eigenvalue weighted by Crippen LogP contribution is 2.51. The number of rotatable bonds is 7. The summed E-state index contributed by atoms with van der Waals surface area (Å²) < 4.78 is 2.39. The van der Waals surface area contributed by atoms with E-state index in [0.717, 1.165) is 17.1 Å². The molecular weight excluding hydrogens is 725 g/mol. The Hall–Kier alpha value is -7.42. The summed E-state index contributed by atoms with van der Waals surface area (Å²) >= 11 is 0. The predicted octanol–water partition coefficient (Wildman–Crippen LogP) is 15.8. The molecule has 60 heavy (non-hydrogen) atoms. The second kappa shape index (κ2) is 14.1. The third-order valence-electron chi connectivity index (χ3n) is 12.8. The van der Waals surface area contributed by atoms with E-state index < -0.39 is 0 Å². The van der Waals surface area contributed by atoms with E-state index in [0.29, 0.717) is 0 Å². The summed E-state index contributed by atoms with van der Waals surface area (Å²) in [5.41, 5.74) is 19.7. The number of anilines is 3. The molecule has 0 unspecified atom stereocenters. The lowest BCUT2D eigenvalue weighted by atomic mass is 9.82. The Balaban J connectivity index is 0.977. The molecule has 0 atom stereocenters. The maximum atomic E-state index is 2.41. The number of nitrogens with zero attached hydrogens (tertiary/aromatic N) is 2. The van der Waals surface area contributed by atoms with Crippen molar-refractivity contribution in [1.29, 1.82) is 0 Å². The van der Waals surface area contributed by atoms with Gasteiger partial charge in [0.1, 0.15) is 0 Å². The summed E-state index contributed by atoms with van der Waals surface area (Å²) in [4.78, 5) is 2.40. The first-order valence-corrected chi connectivity index (χ1v) is 20.9. The summed E-state index contributed by atoms with van der Waals surface area (Å²) in [6.45, 7) is 4.70. The molecule has 0 saturated carbocycles. The Morgan fingerprint density at radius 1 is 0.383 bits per heavy atom. The van der Waals surface area contributed by atoms with Crippen LogP contribution >= 0.6 is 0 Å². The average molecular weight is 769 g/mol. The fourth-order valence-corrected chi connectivity index (χ4v) is 9.80. The number of hydrogen-bond acceptors (Lipinski definition) is 1. The Labute approximate surface area is 352 Å². The zero-order valence-corrected chi connectivity index (χ0v) is 34.1. The molecule has 1 aromatic heterocycles. The van der Waals surface area contributed by atoms with E-state index in [2.05, 4.69) is 243 Å². The van der Waals surface area contributed by atoms with Crippen molar-refractivity contribution >= 4 is 38.7 Å². The van der Waals surface area contributed by atoms with Crippen LogP contribution in [0.4, 0.5) is 17.1 Å². The van der Waals surface area contributed by atoms with Crippen LogP contribution in [0.2, 0.25) is 0 Å². The zero-order valence-electron chi connectivity index (χ0n) is 34.1. The van der Waals surface area contributed by atoms with Crippen molar-refractivity contribution in [1.82, 2.24) is 4.57 Å². The van der Waals surface area contributed by atoms with Gasteiger partial charge in [-0.15, -0.1) is 0 Å². The number of hydrogen-bond donors (Lipinski definition) is 0. The molecular formula is C58H44N2. The first-order chi connectivity index (χ1) is 29.4. The van der Waals surface area contributed by atoms with Crippen molar-refractivity contribution in [2.45, 2.75) is 19.3 Å². The summed E-state index contributed by atoms with van der Waals surface area (Å²) in [6, 6.07) is 77.8. The molecule has 9 aromatic carbocycles. The van der Waals surface area contributed by atoms with E-state index in [-0.39, 0.29) is 5.41 Å². The Bertz CT molecular complexity index is 3190. The molecule has 11 rings (SSSR count). The Morgan fingerprint density at radius 3 is 1.55 bits per heavy atom. The molecule has 10 aromatic rings. The van der Waals surface area contributed by atoms with E-state index in [1.807, 2.05) is 0 Å². The van der Waals surface area contributed by atoms with Crippen LogP contribution in [-0.4, -0.2) is 4.57 Å². The van der Waals surface area contributed by atoms with Crippen molar-refractivity contribution in [2.24, 2.45) is 7.05 Å². The van der Waals surface area contributed by atoms with Crippen molar-refractivity contribution in [3.63, 3.8) is 0 Å². The fraction of sp³-hybridized carbons (Fsp3) is 0.0690. The van der Waals surface area contributed by atoms with Gasteiger partial charge in [-0.3, -0.25) is 0 Å².